The van der Waals surface area contributed by atoms with Crippen LogP contribution in [-0.4, -0.2) is 28.4 Å². The normalized spacial score (nSPS) is 15.1. The maximum Gasteiger partial charge on any atom is 0.167 e. The molecule has 0 fully saturated rings. The molecule has 1 unspecified atom stereocenters. The molecule has 0 amide bonds. The zero-order valence-electron chi connectivity index (χ0n) is 21.7. The van der Waals surface area contributed by atoms with Gasteiger partial charge in [0.25, 0.3) is 0 Å². The van der Waals surface area contributed by atoms with Gasteiger partial charge in [-0.3, -0.25) is 10.4 Å². The molecule has 0 saturated heterocycles. The Balaban J connectivity index is 1.74. The van der Waals surface area contributed by atoms with E-state index in [1.165, 1.54) is 5.56 Å². The fourth-order valence-electron chi connectivity index (χ4n) is 4.42. The molecule has 6 nitrogen and oxygen atoms in total. The predicted molar refractivity (Wildman–Crippen MR) is 145 cm³/mol. The average molecular weight is 487 g/mol. The number of methoxy groups -OCH3 is 4. The summed E-state index contributed by atoms with van der Waals surface area (Å²) in [7, 11) is 6.62. The second-order valence-corrected chi connectivity index (χ2v) is 8.79. The Kier molecular flexibility index (Phi) is 7.74. The lowest BCUT2D eigenvalue weighted by Crippen LogP contribution is -2.34. The standard InChI is InChI=1S/C30H34N2O4/c1-20(2)21-14-17-24(18-15-21)32-26(25-10-8-12-28(34-4)30(25)36-6)19-23(31-32)16-13-22-9-7-11-27(33-3)29(22)35-5/h7-20,26,31H,1-6H3. The summed E-state index contributed by atoms with van der Waals surface area (Å²) in [6, 6.07) is 20.3. The van der Waals surface area contributed by atoms with E-state index in [9.17, 15) is 0 Å². The van der Waals surface area contributed by atoms with Crippen LogP contribution in [0.4, 0.5) is 5.69 Å². The minimum atomic E-state index is -0.119. The van der Waals surface area contributed by atoms with Crippen LogP contribution in [0.25, 0.3) is 6.08 Å². The second-order valence-electron chi connectivity index (χ2n) is 8.79. The second kappa shape index (κ2) is 11.1. The van der Waals surface area contributed by atoms with Crippen molar-refractivity contribution in [2.45, 2.75) is 25.8 Å². The molecular weight excluding hydrogens is 452 g/mol. The largest absolute Gasteiger partial charge is 0.493 e. The van der Waals surface area contributed by atoms with Gasteiger partial charge in [0.05, 0.1) is 45.9 Å². The molecule has 0 radical (unpaired) electrons. The smallest absolute Gasteiger partial charge is 0.167 e. The van der Waals surface area contributed by atoms with Gasteiger partial charge in [-0.25, -0.2) is 0 Å². The molecule has 3 aromatic carbocycles. The molecule has 3 aromatic rings. The third-order valence-corrected chi connectivity index (χ3v) is 6.33. The van der Waals surface area contributed by atoms with Gasteiger partial charge in [-0.15, -0.1) is 0 Å². The number of nitrogens with zero attached hydrogens (tertiary/aromatic N) is 1. The lowest BCUT2D eigenvalue weighted by atomic mass is 10.0. The minimum Gasteiger partial charge on any atom is -0.493 e. The van der Waals surface area contributed by atoms with Crippen molar-refractivity contribution in [2.24, 2.45) is 0 Å². The van der Waals surface area contributed by atoms with Gasteiger partial charge in [0.2, 0.25) is 0 Å². The summed E-state index contributed by atoms with van der Waals surface area (Å²) in [6.07, 6.45) is 6.24. The van der Waals surface area contributed by atoms with Crippen LogP contribution in [0.15, 0.2) is 78.5 Å². The van der Waals surface area contributed by atoms with Crippen molar-refractivity contribution in [2.75, 3.05) is 33.4 Å². The third kappa shape index (κ3) is 4.98. The Hall–Kier alpha value is -4.06. The summed E-state index contributed by atoms with van der Waals surface area (Å²) in [5.74, 6) is 3.27. The van der Waals surface area contributed by atoms with Crippen LogP contribution in [-0.2, 0) is 0 Å². The highest BCUT2D eigenvalue weighted by molar-refractivity contribution is 5.65. The molecule has 1 aliphatic heterocycles. The highest BCUT2D eigenvalue weighted by Gasteiger charge is 2.29. The van der Waals surface area contributed by atoms with E-state index in [2.05, 4.69) is 60.7 Å². The zero-order chi connectivity index (χ0) is 25.7. The summed E-state index contributed by atoms with van der Waals surface area (Å²) in [4.78, 5) is 0. The quantitative estimate of drug-likeness (QED) is 0.372. The molecular formula is C30H34N2O4. The van der Waals surface area contributed by atoms with E-state index in [0.29, 0.717) is 28.9 Å². The summed E-state index contributed by atoms with van der Waals surface area (Å²) >= 11 is 0. The Labute approximate surface area is 213 Å². The fraction of sp³-hybridized carbons (Fsp3) is 0.267. The lowest BCUT2D eigenvalue weighted by Gasteiger charge is -2.29. The van der Waals surface area contributed by atoms with Crippen LogP contribution in [0.3, 0.4) is 0 Å². The average Bonchev–Trinajstić information content (AvgIpc) is 3.35. The van der Waals surface area contributed by atoms with Crippen molar-refractivity contribution in [1.82, 2.24) is 5.43 Å². The molecule has 0 spiro atoms. The van der Waals surface area contributed by atoms with Crippen molar-refractivity contribution in [1.29, 1.82) is 0 Å². The number of hydrogen-bond acceptors (Lipinski definition) is 6. The lowest BCUT2D eigenvalue weighted by molar-refractivity contribution is 0.350. The van der Waals surface area contributed by atoms with Crippen molar-refractivity contribution in [3.05, 3.63) is 95.2 Å². The molecule has 1 aliphatic rings. The van der Waals surface area contributed by atoms with Gasteiger partial charge in [-0.2, -0.15) is 0 Å². The Morgan fingerprint density at radius 3 is 2.00 bits per heavy atom. The van der Waals surface area contributed by atoms with E-state index in [-0.39, 0.29) is 6.04 Å². The Bertz CT molecular complexity index is 1250. The fourth-order valence-corrected chi connectivity index (χ4v) is 4.42. The maximum atomic E-state index is 5.78. The third-order valence-electron chi connectivity index (χ3n) is 6.33. The number of para-hydroxylation sites is 2. The Morgan fingerprint density at radius 2 is 1.39 bits per heavy atom. The van der Waals surface area contributed by atoms with Gasteiger partial charge in [-0.1, -0.05) is 50.2 Å². The van der Waals surface area contributed by atoms with Crippen molar-refractivity contribution >= 4 is 11.8 Å². The summed E-state index contributed by atoms with van der Waals surface area (Å²) in [5, 5.41) is 2.14. The van der Waals surface area contributed by atoms with E-state index in [4.69, 9.17) is 18.9 Å². The summed E-state index contributed by atoms with van der Waals surface area (Å²) in [6.45, 7) is 4.40. The number of ether oxygens (including phenoxy) is 4. The molecule has 36 heavy (non-hydrogen) atoms. The molecule has 188 valence electrons. The number of rotatable bonds is 9. The Morgan fingerprint density at radius 1 is 0.750 bits per heavy atom. The first-order valence-electron chi connectivity index (χ1n) is 12.0. The minimum absolute atomic E-state index is 0.119. The molecule has 1 N–H and O–H groups in total. The number of anilines is 1. The van der Waals surface area contributed by atoms with Gasteiger partial charge in [0.1, 0.15) is 0 Å². The molecule has 0 bridgehead atoms. The van der Waals surface area contributed by atoms with Crippen LogP contribution in [0.5, 0.6) is 23.0 Å². The van der Waals surface area contributed by atoms with Crippen molar-refractivity contribution < 1.29 is 18.9 Å². The summed E-state index contributed by atoms with van der Waals surface area (Å²) < 4.78 is 22.4. The van der Waals surface area contributed by atoms with Crippen LogP contribution in [0.2, 0.25) is 0 Å². The molecule has 0 saturated carbocycles. The first-order valence-corrected chi connectivity index (χ1v) is 12.0. The number of benzene rings is 3. The van der Waals surface area contributed by atoms with E-state index >= 15 is 0 Å². The number of nitrogens with one attached hydrogen (secondary N) is 1. The van der Waals surface area contributed by atoms with Gasteiger partial charge in [0.15, 0.2) is 23.0 Å². The van der Waals surface area contributed by atoms with Crippen molar-refractivity contribution in [3.8, 4) is 23.0 Å². The maximum absolute atomic E-state index is 5.78. The summed E-state index contributed by atoms with van der Waals surface area (Å²) in [5.41, 5.74) is 8.79. The molecule has 1 atom stereocenters. The van der Waals surface area contributed by atoms with Gasteiger partial charge < -0.3 is 18.9 Å². The molecule has 1 heterocycles. The molecule has 6 heteroatoms. The SMILES string of the molecule is COc1cccc(C=CC2=CC(c3cccc(OC)c3OC)N(c3ccc(C(C)C)cc3)N2)c1OC. The highest BCUT2D eigenvalue weighted by Crippen LogP contribution is 2.41. The topological polar surface area (TPSA) is 52.2 Å². The number of hydrazine groups is 1. The van der Waals surface area contributed by atoms with Crippen LogP contribution >= 0.6 is 0 Å². The van der Waals surface area contributed by atoms with E-state index in [0.717, 1.165) is 22.5 Å². The van der Waals surface area contributed by atoms with Gasteiger partial charge in [-0.05, 0) is 54.0 Å². The van der Waals surface area contributed by atoms with E-state index in [1.54, 1.807) is 28.4 Å². The predicted octanol–water partition coefficient (Wildman–Crippen LogP) is 6.51. The number of hydrogen-bond donors (Lipinski definition) is 1. The molecule has 0 aromatic heterocycles. The first kappa shape index (κ1) is 25.0. The van der Waals surface area contributed by atoms with Crippen molar-refractivity contribution in [3.63, 3.8) is 0 Å². The van der Waals surface area contributed by atoms with Gasteiger partial charge >= 0.3 is 0 Å². The van der Waals surface area contributed by atoms with Crippen LogP contribution < -0.4 is 29.4 Å². The monoisotopic (exact) mass is 486 g/mol. The van der Waals surface area contributed by atoms with Crippen LogP contribution in [0, 0.1) is 0 Å². The highest BCUT2D eigenvalue weighted by atomic mass is 16.5. The first-order chi connectivity index (χ1) is 17.5. The van der Waals surface area contributed by atoms with Gasteiger partial charge in [0, 0.05) is 11.1 Å². The van der Waals surface area contributed by atoms with E-state index < -0.39 is 0 Å². The zero-order valence-corrected chi connectivity index (χ0v) is 21.7. The molecule has 0 aliphatic carbocycles. The molecule has 4 rings (SSSR count). The van der Waals surface area contributed by atoms with E-state index in [1.807, 2.05) is 42.5 Å². The number of allylic oxidation sites excluding steroid dienone is 1. The van der Waals surface area contributed by atoms with Crippen LogP contribution in [0.1, 0.15) is 42.5 Å².